The van der Waals surface area contributed by atoms with Gasteiger partial charge in [0.05, 0.1) is 7.11 Å². The van der Waals surface area contributed by atoms with Crippen molar-refractivity contribution in [2.75, 3.05) is 14.2 Å². The molecule has 3 rings (SSSR count). The van der Waals surface area contributed by atoms with E-state index in [9.17, 15) is 14.7 Å². The molecular weight excluding hydrogens is 332 g/mol. The van der Waals surface area contributed by atoms with E-state index < -0.39 is 5.97 Å². The predicted molar refractivity (Wildman–Crippen MR) is 98.8 cm³/mol. The van der Waals surface area contributed by atoms with E-state index in [1.165, 1.54) is 13.2 Å². The third kappa shape index (κ3) is 3.13. The number of fused-ring (bicyclic) bond motifs is 1. The van der Waals surface area contributed by atoms with E-state index in [2.05, 4.69) is 4.98 Å². The van der Waals surface area contributed by atoms with Gasteiger partial charge in [-0.1, -0.05) is 12.1 Å². The smallest absolute Gasteiger partial charge is 0.339 e. The van der Waals surface area contributed by atoms with Crippen LogP contribution in [0.25, 0.3) is 10.9 Å². The highest BCUT2D eigenvalue weighted by Crippen LogP contribution is 2.25. The Morgan fingerprint density at radius 2 is 1.96 bits per heavy atom. The molecule has 0 atom stereocenters. The highest BCUT2D eigenvalue weighted by molar-refractivity contribution is 6.00. The third-order valence-corrected chi connectivity index (χ3v) is 4.45. The Bertz CT molecular complexity index is 991. The number of carboxylic acids is 1. The van der Waals surface area contributed by atoms with Crippen molar-refractivity contribution in [3.05, 3.63) is 64.8 Å². The van der Waals surface area contributed by atoms with Crippen LogP contribution in [-0.2, 0) is 6.54 Å². The lowest BCUT2D eigenvalue weighted by molar-refractivity contribution is 0.0693. The Morgan fingerprint density at radius 3 is 2.65 bits per heavy atom. The van der Waals surface area contributed by atoms with Crippen molar-refractivity contribution in [3.63, 3.8) is 0 Å². The summed E-state index contributed by atoms with van der Waals surface area (Å²) < 4.78 is 5.11. The van der Waals surface area contributed by atoms with Gasteiger partial charge < -0.3 is 19.7 Å². The Kier molecular flexibility index (Phi) is 4.67. The van der Waals surface area contributed by atoms with Crippen LogP contribution in [0.5, 0.6) is 5.75 Å². The van der Waals surface area contributed by atoms with E-state index >= 15 is 0 Å². The number of carboxylic acid groups (broad SMARTS) is 1. The standard InChI is InChI=1S/C20H20N2O4/c1-12-9-18(26-3)16(20(24)25)10-15(12)19(23)22(2)11-13-5-4-6-17-14(13)7-8-21-17/h4-10,21H,11H2,1-3H3,(H,24,25). The predicted octanol–water partition coefficient (Wildman–Crippen LogP) is 3.46. The van der Waals surface area contributed by atoms with E-state index in [1.807, 2.05) is 30.5 Å². The molecule has 26 heavy (non-hydrogen) atoms. The molecule has 1 heterocycles. The number of methoxy groups -OCH3 is 1. The number of aryl methyl sites for hydroxylation is 1. The van der Waals surface area contributed by atoms with Crippen LogP contribution in [0.4, 0.5) is 0 Å². The Balaban J connectivity index is 1.92. The minimum absolute atomic E-state index is 0.0254. The van der Waals surface area contributed by atoms with Crippen LogP contribution in [0, 0.1) is 6.92 Å². The number of amides is 1. The molecular formula is C20H20N2O4. The van der Waals surface area contributed by atoms with Crippen molar-refractivity contribution in [2.24, 2.45) is 0 Å². The van der Waals surface area contributed by atoms with E-state index in [-0.39, 0.29) is 17.2 Å². The molecule has 134 valence electrons. The monoisotopic (exact) mass is 352 g/mol. The zero-order valence-electron chi connectivity index (χ0n) is 14.9. The summed E-state index contributed by atoms with van der Waals surface area (Å²) in [5.74, 6) is -1.12. The first-order valence-corrected chi connectivity index (χ1v) is 8.14. The summed E-state index contributed by atoms with van der Waals surface area (Å²) in [6.07, 6.45) is 1.86. The fraction of sp³-hybridized carbons (Fsp3) is 0.200. The van der Waals surface area contributed by atoms with Crippen LogP contribution in [0.15, 0.2) is 42.6 Å². The number of hydrogen-bond acceptors (Lipinski definition) is 3. The van der Waals surface area contributed by atoms with Crippen molar-refractivity contribution in [3.8, 4) is 5.75 Å². The Morgan fingerprint density at radius 1 is 1.19 bits per heavy atom. The molecule has 0 aliphatic carbocycles. The number of benzene rings is 2. The quantitative estimate of drug-likeness (QED) is 0.737. The molecule has 6 heteroatoms. The molecule has 6 nitrogen and oxygen atoms in total. The molecule has 3 aromatic rings. The van der Waals surface area contributed by atoms with Gasteiger partial charge in [-0.05, 0) is 42.3 Å². The number of H-pyrrole nitrogens is 1. The molecule has 0 radical (unpaired) electrons. The lowest BCUT2D eigenvalue weighted by Crippen LogP contribution is -2.27. The molecule has 0 fully saturated rings. The third-order valence-electron chi connectivity index (χ3n) is 4.45. The van der Waals surface area contributed by atoms with E-state index in [0.717, 1.165) is 16.5 Å². The van der Waals surface area contributed by atoms with Gasteiger partial charge in [0.15, 0.2) is 0 Å². The van der Waals surface area contributed by atoms with Crippen LogP contribution in [0.2, 0.25) is 0 Å². The summed E-state index contributed by atoms with van der Waals surface area (Å²) >= 11 is 0. The lowest BCUT2D eigenvalue weighted by Gasteiger charge is -2.20. The first kappa shape index (κ1) is 17.5. The van der Waals surface area contributed by atoms with Crippen LogP contribution in [0.3, 0.4) is 0 Å². The first-order chi connectivity index (χ1) is 12.4. The summed E-state index contributed by atoms with van der Waals surface area (Å²) in [5.41, 5.74) is 3.03. The van der Waals surface area contributed by atoms with Crippen LogP contribution in [0.1, 0.15) is 31.8 Å². The van der Waals surface area contributed by atoms with Gasteiger partial charge in [-0.2, -0.15) is 0 Å². The molecule has 0 aliphatic rings. The number of ether oxygens (including phenoxy) is 1. The number of carbonyl (C=O) groups is 2. The summed E-state index contributed by atoms with van der Waals surface area (Å²) in [7, 11) is 3.12. The molecule has 0 saturated heterocycles. The summed E-state index contributed by atoms with van der Waals surface area (Å²) in [6, 6.07) is 10.8. The first-order valence-electron chi connectivity index (χ1n) is 8.14. The van der Waals surface area contributed by atoms with Crippen LogP contribution in [-0.4, -0.2) is 41.0 Å². The average molecular weight is 352 g/mol. The topological polar surface area (TPSA) is 82.6 Å². The average Bonchev–Trinajstić information content (AvgIpc) is 3.10. The fourth-order valence-electron chi connectivity index (χ4n) is 3.07. The summed E-state index contributed by atoms with van der Waals surface area (Å²) in [5, 5.41) is 10.4. The maximum absolute atomic E-state index is 12.9. The van der Waals surface area contributed by atoms with Crippen molar-refractivity contribution in [2.45, 2.75) is 13.5 Å². The second-order valence-corrected chi connectivity index (χ2v) is 6.19. The highest BCUT2D eigenvalue weighted by Gasteiger charge is 2.20. The molecule has 2 N–H and O–H groups in total. The molecule has 2 aromatic carbocycles. The van der Waals surface area contributed by atoms with Crippen molar-refractivity contribution in [1.82, 2.24) is 9.88 Å². The number of nitrogens with one attached hydrogen (secondary N) is 1. The molecule has 1 aromatic heterocycles. The maximum Gasteiger partial charge on any atom is 0.339 e. The number of hydrogen-bond donors (Lipinski definition) is 2. The van der Waals surface area contributed by atoms with E-state index in [4.69, 9.17) is 4.74 Å². The normalized spacial score (nSPS) is 10.7. The number of aromatic nitrogens is 1. The Hall–Kier alpha value is -3.28. The highest BCUT2D eigenvalue weighted by atomic mass is 16.5. The van der Waals surface area contributed by atoms with Crippen LogP contribution < -0.4 is 4.74 Å². The van der Waals surface area contributed by atoms with Gasteiger partial charge in [0.2, 0.25) is 0 Å². The molecule has 0 bridgehead atoms. The number of aromatic carboxylic acids is 1. The number of carbonyl (C=O) groups excluding carboxylic acids is 1. The molecule has 0 unspecified atom stereocenters. The van der Waals surface area contributed by atoms with Crippen molar-refractivity contribution >= 4 is 22.8 Å². The molecule has 1 amide bonds. The molecule has 0 aliphatic heterocycles. The van der Waals surface area contributed by atoms with E-state index in [1.54, 1.807) is 24.9 Å². The molecule has 0 spiro atoms. The second-order valence-electron chi connectivity index (χ2n) is 6.19. The summed E-state index contributed by atoms with van der Waals surface area (Å²) in [4.78, 5) is 29.1. The molecule has 0 saturated carbocycles. The van der Waals surface area contributed by atoms with Gasteiger partial charge in [0, 0.05) is 36.3 Å². The van der Waals surface area contributed by atoms with E-state index in [0.29, 0.717) is 17.7 Å². The fourth-order valence-corrected chi connectivity index (χ4v) is 3.07. The van der Waals surface area contributed by atoms with Crippen LogP contribution >= 0.6 is 0 Å². The summed E-state index contributed by atoms with van der Waals surface area (Å²) in [6.45, 7) is 2.18. The minimum Gasteiger partial charge on any atom is -0.496 e. The van der Waals surface area contributed by atoms with Gasteiger partial charge >= 0.3 is 5.97 Å². The van der Waals surface area contributed by atoms with Gasteiger partial charge in [0.25, 0.3) is 5.91 Å². The van der Waals surface area contributed by atoms with Gasteiger partial charge in [0.1, 0.15) is 11.3 Å². The number of aromatic amines is 1. The lowest BCUT2D eigenvalue weighted by atomic mass is 10.0. The largest absolute Gasteiger partial charge is 0.496 e. The van der Waals surface area contributed by atoms with Gasteiger partial charge in [-0.15, -0.1) is 0 Å². The second kappa shape index (κ2) is 6.92. The number of rotatable bonds is 5. The number of nitrogens with zero attached hydrogens (tertiary/aromatic N) is 1. The van der Waals surface area contributed by atoms with Gasteiger partial charge in [-0.3, -0.25) is 4.79 Å². The van der Waals surface area contributed by atoms with Gasteiger partial charge in [-0.25, -0.2) is 4.79 Å². The SMILES string of the molecule is COc1cc(C)c(C(=O)N(C)Cc2cccc3[nH]ccc23)cc1C(=O)O. The zero-order valence-corrected chi connectivity index (χ0v) is 14.9. The van der Waals surface area contributed by atoms with Crippen molar-refractivity contribution < 1.29 is 19.4 Å². The minimum atomic E-state index is -1.13. The Labute approximate surface area is 151 Å². The zero-order chi connectivity index (χ0) is 18.8. The van der Waals surface area contributed by atoms with Crippen molar-refractivity contribution in [1.29, 1.82) is 0 Å². The maximum atomic E-state index is 12.9.